The molecule has 3 aromatic carbocycles. The zero-order valence-electron chi connectivity index (χ0n) is 35.2. The highest BCUT2D eigenvalue weighted by Crippen LogP contribution is 2.58. The number of carbonyl (C=O) groups excluding carboxylic acids is 4. The number of aromatic hydroxyl groups is 2. The first kappa shape index (κ1) is 43.9. The summed E-state index contributed by atoms with van der Waals surface area (Å²) in [4.78, 5) is 56.6. The number of methoxy groups -OCH3 is 1. The summed E-state index contributed by atoms with van der Waals surface area (Å²) >= 11 is 0. The molecule has 62 heavy (non-hydrogen) atoms. The number of ketones is 3. The second-order valence-electron chi connectivity index (χ2n) is 17.9. The zero-order valence-corrected chi connectivity index (χ0v) is 35.2. The van der Waals surface area contributed by atoms with E-state index in [9.17, 15) is 49.1 Å². The standard InChI is InChI=1S/C47H55FN2O12/c1-24-41(54)31(49-35(53)10-5-4-6-17-50(2)47(20-25-11-12-27(47)18-25)26-13-15-28(48)16-14-26)19-36(61-24)62-33-22-46(59,34(52)23-51)21-30-38(33)45(58)40-39(43(30)56)42(55)29-8-7-9-32(60-3)37(29)44(40)57/h7-9,13-16,24-25,27,31,33,36,41,51,54,56,58-59H,4-6,10-12,17-23H2,1-3H3,(H,49,53)/t24-,25?,27?,31-,33-,36-,41-,46-,47?/m1/s1. The van der Waals surface area contributed by atoms with Crippen LogP contribution in [0.4, 0.5) is 4.39 Å². The monoisotopic (exact) mass is 858 g/mol. The maximum atomic E-state index is 14.0. The maximum Gasteiger partial charge on any atom is 0.220 e. The molecule has 3 unspecified atom stereocenters. The van der Waals surface area contributed by atoms with Crippen LogP contribution in [0.15, 0.2) is 42.5 Å². The van der Waals surface area contributed by atoms with Gasteiger partial charge in [-0.1, -0.05) is 37.1 Å². The Morgan fingerprint density at radius 1 is 0.968 bits per heavy atom. The molecule has 14 nitrogen and oxygen atoms in total. The SMILES string of the molecule is COc1cccc2c1C(=O)c1c(O)c3c(c(O)c1C2=O)C[C@](O)(C(=O)CO)C[C@H]3O[C@@H]1C[C@@H](NC(=O)CCCCCN(C)C2(c3ccc(F)cc3)CC3CCC2C3)[C@H](O)[C@@H](C)O1. The van der Waals surface area contributed by atoms with Gasteiger partial charge in [-0.3, -0.25) is 24.1 Å². The van der Waals surface area contributed by atoms with Gasteiger partial charge in [0, 0.05) is 47.9 Å². The third-order valence-electron chi connectivity index (χ3n) is 14.3. The number of nitrogens with zero attached hydrogens (tertiary/aromatic N) is 1. The number of Topliss-reactive ketones (excluding diaryl/α,β-unsaturated/α-hetero) is 1. The topological polar surface area (TPSA) is 212 Å². The van der Waals surface area contributed by atoms with E-state index >= 15 is 0 Å². The molecule has 332 valence electrons. The highest BCUT2D eigenvalue weighted by atomic mass is 19.1. The van der Waals surface area contributed by atoms with Gasteiger partial charge in [0.2, 0.25) is 11.7 Å². The molecule has 3 fully saturated rings. The van der Waals surface area contributed by atoms with Crippen LogP contribution in [0.3, 0.4) is 0 Å². The molecule has 1 amide bonds. The average molecular weight is 859 g/mol. The highest BCUT2D eigenvalue weighted by molar-refractivity contribution is 6.31. The number of aliphatic hydroxyl groups is 3. The summed E-state index contributed by atoms with van der Waals surface area (Å²) in [6.45, 7) is 1.34. The van der Waals surface area contributed by atoms with Gasteiger partial charge >= 0.3 is 0 Å². The Morgan fingerprint density at radius 2 is 1.71 bits per heavy atom. The molecule has 4 aliphatic carbocycles. The van der Waals surface area contributed by atoms with E-state index in [-0.39, 0.29) is 58.1 Å². The Morgan fingerprint density at radius 3 is 2.39 bits per heavy atom. The lowest BCUT2D eigenvalue weighted by Gasteiger charge is -2.46. The number of halogens is 1. The molecule has 1 saturated heterocycles. The average Bonchev–Trinajstić information content (AvgIpc) is 3.88. The van der Waals surface area contributed by atoms with E-state index in [0.717, 1.165) is 37.8 Å². The van der Waals surface area contributed by atoms with E-state index in [1.807, 2.05) is 12.1 Å². The number of carbonyl (C=O) groups is 4. The number of hydrogen-bond donors (Lipinski definition) is 6. The van der Waals surface area contributed by atoms with Crippen molar-refractivity contribution < 1.29 is 63.3 Å². The fourth-order valence-electron chi connectivity index (χ4n) is 11.2. The Labute approximate surface area is 359 Å². The van der Waals surface area contributed by atoms with Crippen molar-refractivity contribution in [3.63, 3.8) is 0 Å². The van der Waals surface area contributed by atoms with Gasteiger partial charge in [0.25, 0.3) is 0 Å². The van der Waals surface area contributed by atoms with E-state index in [2.05, 4.69) is 17.3 Å². The van der Waals surface area contributed by atoms with Crippen LogP contribution in [0.1, 0.15) is 126 Å². The summed E-state index contributed by atoms with van der Waals surface area (Å²) in [7, 11) is 3.47. The Balaban J connectivity index is 0.947. The second kappa shape index (κ2) is 17.1. The van der Waals surface area contributed by atoms with Crippen LogP contribution in [-0.2, 0) is 31.0 Å². The molecule has 1 aliphatic heterocycles. The number of nitrogens with one attached hydrogen (secondary N) is 1. The summed E-state index contributed by atoms with van der Waals surface area (Å²) in [5, 5.41) is 58.9. The summed E-state index contributed by atoms with van der Waals surface area (Å²) in [6, 6.07) is 10.5. The van der Waals surface area contributed by atoms with Crippen LogP contribution < -0.4 is 10.1 Å². The summed E-state index contributed by atoms with van der Waals surface area (Å²) in [5.41, 5.74) is -2.87. The molecule has 0 spiro atoms. The predicted molar refractivity (Wildman–Crippen MR) is 220 cm³/mol. The molecule has 2 bridgehead atoms. The minimum atomic E-state index is -2.33. The smallest absolute Gasteiger partial charge is 0.220 e. The molecule has 8 rings (SSSR count). The van der Waals surface area contributed by atoms with E-state index < -0.39 is 95.7 Å². The quantitative estimate of drug-likeness (QED) is 0.0763. The Kier molecular flexibility index (Phi) is 12.1. The normalized spacial score (nSPS) is 29.9. The molecular formula is C47H55FN2O12. The van der Waals surface area contributed by atoms with Gasteiger partial charge in [-0.05, 0) is 88.2 Å². The molecule has 0 aromatic heterocycles. The minimum Gasteiger partial charge on any atom is -0.507 e. The molecule has 0 radical (unpaired) electrons. The van der Waals surface area contributed by atoms with Crippen molar-refractivity contribution in [3.8, 4) is 17.2 Å². The number of benzene rings is 3. The molecule has 15 heteroatoms. The number of unbranched alkanes of at least 4 members (excludes halogenated alkanes) is 2. The number of phenols is 2. The molecule has 6 N–H and O–H groups in total. The van der Waals surface area contributed by atoms with Gasteiger partial charge in [0.15, 0.2) is 17.9 Å². The Hall–Kier alpha value is -4.77. The predicted octanol–water partition coefficient (Wildman–Crippen LogP) is 4.51. The molecule has 9 atom stereocenters. The fourth-order valence-corrected chi connectivity index (χ4v) is 11.2. The van der Waals surface area contributed by atoms with Crippen molar-refractivity contribution >= 4 is 23.3 Å². The molecule has 1 heterocycles. The lowest BCUT2D eigenvalue weighted by atomic mass is 9.72. The van der Waals surface area contributed by atoms with Gasteiger partial charge in [-0.15, -0.1) is 0 Å². The number of ether oxygens (including phenoxy) is 3. The van der Waals surface area contributed by atoms with Crippen LogP contribution in [-0.4, -0.2) is 111 Å². The summed E-state index contributed by atoms with van der Waals surface area (Å²) < 4.78 is 31.5. The van der Waals surface area contributed by atoms with Crippen LogP contribution in [0.5, 0.6) is 17.2 Å². The number of aliphatic hydroxyl groups excluding tert-OH is 2. The number of fused-ring (bicyclic) bond motifs is 5. The van der Waals surface area contributed by atoms with Gasteiger partial charge in [0.05, 0.1) is 42.0 Å². The van der Waals surface area contributed by atoms with Crippen molar-refractivity contribution in [1.29, 1.82) is 0 Å². The van der Waals surface area contributed by atoms with E-state index in [4.69, 9.17) is 14.2 Å². The first-order valence-corrected chi connectivity index (χ1v) is 21.6. The highest BCUT2D eigenvalue weighted by Gasteiger charge is 2.54. The number of phenolic OH excluding ortho intramolecular Hbond substituents is 2. The fraction of sp³-hybridized carbons (Fsp3) is 0.532. The van der Waals surface area contributed by atoms with E-state index in [1.165, 1.54) is 38.2 Å². The van der Waals surface area contributed by atoms with Crippen molar-refractivity contribution in [3.05, 3.63) is 87.2 Å². The first-order chi connectivity index (χ1) is 29.6. The largest absolute Gasteiger partial charge is 0.507 e. The lowest BCUT2D eigenvalue weighted by molar-refractivity contribution is -0.249. The van der Waals surface area contributed by atoms with Crippen molar-refractivity contribution in [2.75, 3.05) is 27.3 Å². The van der Waals surface area contributed by atoms with Crippen molar-refractivity contribution in [2.45, 2.75) is 119 Å². The number of rotatable bonds is 14. The van der Waals surface area contributed by atoms with Gasteiger partial charge in [0.1, 0.15) is 41.4 Å². The zero-order chi connectivity index (χ0) is 44.2. The first-order valence-electron chi connectivity index (χ1n) is 21.6. The van der Waals surface area contributed by atoms with Gasteiger partial charge in [-0.25, -0.2) is 4.39 Å². The summed E-state index contributed by atoms with van der Waals surface area (Å²) in [5.74, 6) is -3.30. The van der Waals surface area contributed by atoms with Crippen LogP contribution in [0, 0.1) is 17.7 Å². The molecule has 5 aliphatic rings. The third-order valence-corrected chi connectivity index (χ3v) is 14.3. The number of amides is 1. The van der Waals surface area contributed by atoms with Crippen LogP contribution in [0.25, 0.3) is 0 Å². The van der Waals surface area contributed by atoms with E-state index in [1.54, 1.807) is 19.1 Å². The van der Waals surface area contributed by atoms with Crippen molar-refractivity contribution in [1.82, 2.24) is 10.2 Å². The van der Waals surface area contributed by atoms with E-state index in [0.29, 0.717) is 18.3 Å². The molecule has 3 aromatic rings. The lowest BCUT2D eigenvalue weighted by Crippen LogP contribution is -2.55. The third kappa shape index (κ3) is 7.49. The van der Waals surface area contributed by atoms with Gasteiger partial charge in [-0.2, -0.15) is 0 Å². The summed E-state index contributed by atoms with van der Waals surface area (Å²) in [6.07, 6.45) is 1.20. The van der Waals surface area contributed by atoms with Crippen molar-refractivity contribution in [2.24, 2.45) is 11.8 Å². The van der Waals surface area contributed by atoms with Gasteiger partial charge < -0.3 is 45.1 Å². The van der Waals surface area contributed by atoms with Crippen LogP contribution >= 0.6 is 0 Å². The second-order valence-corrected chi connectivity index (χ2v) is 17.9. The maximum absolute atomic E-state index is 14.0. The number of hydrogen-bond acceptors (Lipinski definition) is 13. The van der Waals surface area contributed by atoms with Crippen LogP contribution in [0.2, 0.25) is 0 Å². The molecular weight excluding hydrogens is 804 g/mol. The Bertz CT molecular complexity index is 2270. The molecule has 2 saturated carbocycles. The minimum absolute atomic E-state index is 0.0740.